The van der Waals surface area contributed by atoms with Crippen LogP contribution in [0.1, 0.15) is 33.7 Å². The predicted molar refractivity (Wildman–Crippen MR) is 116 cm³/mol. The second-order valence-electron chi connectivity index (χ2n) is 7.44. The first-order valence-electron chi connectivity index (χ1n) is 10.0. The number of anilines is 1. The first kappa shape index (κ1) is 19.5. The molecule has 0 atom stereocenters. The summed E-state index contributed by atoms with van der Waals surface area (Å²) in [6, 6.07) is 15.4. The zero-order valence-electron chi connectivity index (χ0n) is 16.6. The molecular formula is C23H19ClFN5O. The standard InChI is InChI=1S/C23H19ClFN5O/c24-19-6-2-1-4-15(19)14-29-21(12-13-26-29)27-23(31)22-18-5-3-7-20(18)30(28-22)17-10-8-16(25)9-11-17/h1-2,4,6,8-13H,3,5,7,14H2,(H,27,31). The Balaban J connectivity index is 1.42. The quantitative estimate of drug-likeness (QED) is 0.496. The topological polar surface area (TPSA) is 64.7 Å². The van der Waals surface area contributed by atoms with Crippen LogP contribution in [0.3, 0.4) is 0 Å². The normalized spacial score (nSPS) is 12.7. The SMILES string of the molecule is O=C(Nc1ccnn1Cc1ccccc1Cl)c1nn(-c2ccc(F)cc2)c2c1CCC2. The molecule has 0 radical (unpaired) electrons. The van der Waals surface area contributed by atoms with Gasteiger partial charge in [0.2, 0.25) is 0 Å². The summed E-state index contributed by atoms with van der Waals surface area (Å²) in [7, 11) is 0. The van der Waals surface area contributed by atoms with Crippen LogP contribution in [0.2, 0.25) is 5.02 Å². The molecule has 0 spiro atoms. The molecule has 0 saturated heterocycles. The van der Waals surface area contributed by atoms with Gasteiger partial charge in [-0.3, -0.25) is 4.79 Å². The van der Waals surface area contributed by atoms with Gasteiger partial charge in [0.1, 0.15) is 11.6 Å². The molecule has 1 aliphatic rings. The van der Waals surface area contributed by atoms with E-state index in [2.05, 4.69) is 15.5 Å². The summed E-state index contributed by atoms with van der Waals surface area (Å²) in [6.07, 6.45) is 4.21. The molecule has 1 N–H and O–H groups in total. The molecule has 5 rings (SSSR count). The van der Waals surface area contributed by atoms with E-state index in [-0.39, 0.29) is 11.7 Å². The van der Waals surface area contributed by atoms with Crippen molar-refractivity contribution in [1.82, 2.24) is 19.6 Å². The van der Waals surface area contributed by atoms with Crippen molar-refractivity contribution >= 4 is 23.3 Å². The number of halogens is 2. The monoisotopic (exact) mass is 435 g/mol. The summed E-state index contributed by atoms with van der Waals surface area (Å²) in [5, 5.41) is 12.5. The van der Waals surface area contributed by atoms with Crippen molar-refractivity contribution in [1.29, 1.82) is 0 Å². The maximum Gasteiger partial charge on any atom is 0.277 e. The van der Waals surface area contributed by atoms with Gasteiger partial charge >= 0.3 is 0 Å². The van der Waals surface area contributed by atoms with Crippen LogP contribution in [0.15, 0.2) is 60.8 Å². The van der Waals surface area contributed by atoms with Crippen molar-refractivity contribution in [2.45, 2.75) is 25.8 Å². The van der Waals surface area contributed by atoms with Crippen molar-refractivity contribution in [3.05, 3.63) is 94.1 Å². The highest BCUT2D eigenvalue weighted by molar-refractivity contribution is 6.31. The fourth-order valence-electron chi connectivity index (χ4n) is 3.94. The molecule has 2 heterocycles. The molecule has 0 aliphatic heterocycles. The fraction of sp³-hybridized carbons (Fsp3) is 0.174. The van der Waals surface area contributed by atoms with Gasteiger partial charge in [-0.25, -0.2) is 13.8 Å². The third kappa shape index (κ3) is 3.72. The summed E-state index contributed by atoms with van der Waals surface area (Å²) in [5.41, 5.74) is 3.98. The van der Waals surface area contributed by atoms with E-state index in [4.69, 9.17) is 11.6 Å². The Hall–Kier alpha value is -3.45. The van der Waals surface area contributed by atoms with E-state index >= 15 is 0 Å². The Labute approximate surface area is 183 Å². The molecule has 6 nitrogen and oxygen atoms in total. The first-order valence-corrected chi connectivity index (χ1v) is 10.4. The smallest absolute Gasteiger partial charge is 0.277 e. The second-order valence-corrected chi connectivity index (χ2v) is 7.84. The summed E-state index contributed by atoms with van der Waals surface area (Å²) in [4.78, 5) is 13.1. The van der Waals surface area contributed by atoms with Crippen LogP contribution in [0.4, 0.5) is 10.2 Å². The van der Waals surface area contributed by atoms with E-state index in [1.807, 2.05) is 24.3 Å². The maximum atomic E-state index is 13.3. The van der Waals surface area contributed by atoms with Crippen molar-refractivity contribution < 1.29 is 9.18 Å². The van der Waals surface area contributed by atoms with Crippen LogP contribution in [0.25, 0.3) is 5.69 Å². The minimum Gasteiger partial charge on any atom is -0.305 e. The molecule has 156 valence electrons. The Kier molecular flexibility index (Phi) is 5.03. The summed E-state index contributed by atoms with van der Waals surface area (Å²) in [6.45, 7) is 0.435. The maximum absolute atomic E-state index is 13.3. The lowest BCUT2D eigenvalue weighted by atomic mass is 10.2. The number of rotatable bonds is 5. The third-order valence-corrected chi connectivity index (χ3v) is 5.82. The molecule has 0 fully saturated rings. The molecule has 2 aromatic heterocycles. The summed E-state index contributed by atoms with van der Waals surface area (Å²) in [5.74, 6) is -0.0368. The number of amides is 1. The number of nitrogens with one attached hydrogen (secondary N) is 1. The van der Waals surface area contributed by atoms with Gasteiger partial charge in [-0.05, 0) is 55.2 Å². The molecule has 4 aromatic rings. The Morgan fingerprint density at radius 1 is 1.10 bits per heavy atom. The summed E-state index contributed by atoms with van der Waals surface area (Å²) < 4.78 is 16.8. The van der Waals surface area contributed by atoms with Gasteiger partial charge in [-0.15, -0.1) is 0 Å². The Bertz CT molecular complexity index is 1260. The van der Waals surface area contributed by atoms with Crippen LogP contribution < -0.4 is 5.32 Å². The first-order chi connectivity index (χ1) is 15.1. The number of carbonyl (C=O) groups excluding carboxylic acids is 1. The van der Waals surface area contributed by atoms with E-state index < -0.39 is 0 Å². The van der Waals surface area contributed by atoms with Crippen molar-refractivity contribution in [3.8, 4) is 5.69 Å². The molecule has 1 aliphatic carbocycles. The third-order valence-electron chi connectivity index (χ3n) is 5.45. The zero-order chi connectivity index (χ0) is 21.4. The van der Waals surface area contributed by atoms with Crippen LogP contribution in [0.5, 0.6) is 0 Å². The fourth-order valence-corrected chi connectivity index (χ4v) is 4.14. The number of nitrogens with zero attached hydrogens (tertiary/aromatic N) is 4. The van der Waals surface area contributed by atoms with Gasteiger partial charge in [0, 0.05) is 22.3 Å². The van der Waals surface area contributed by atoms with Crippen molar-refractivity contribution in [3.63, 3.8) is 0 Å². The molecule has 31 heavy (non-hydrogen) atoms. The van der Waals surface area contributed by atoms with Gasteiger partial charge in [0.25, 0.3) is 5.91 Å². The minimum atomic E-state index is -0.308. The number of carbonyl (C=O) groups is 1. The summed E-state index contributed by atoms with van der Waals surface area (Å²) >= 11 is 6.27. The van der Waals surface area contributed by atoms with E-state index in [9.17, 15) is 9.18 Å². The number of aromatic nitrogens is 4. The average molecular weight is 436 g/mol. The van der Waals surface area contributed by atoms with Crippen molar-refractivity contribution in [2.75, 3.05) is 5.32 Å². The molecule has 0 saturated carbocycles. The largest absolute Gasteiger partial charge is 0.305 e. The van der Waals surface area contributed by atoms with Gasteiger partial charge in [0.15, 0.2) is 5.69 Å². The zero-order valence-corrected chi connectivity index (χ0v) is 17.3. The number of hydrogen-bond acceptors (Lipinski definition) is 3. The van der Waals surface area contributed by atoms with E-state index in [0.717, 1.165) is 41.8 Å². The van der Waals surface area contributed by atoms with Crippen LogP contribution in [-0.4, -0.2) is 25.5 Å². The Morgan fingerprint density at radius 2 is 1.90 bits per heavy atom. The highest BCUT2D eigenvalue weighted by Gasteiger charge is 2.27. The van der Waals surface area contributed by atoms with Gasteiger partial charge in [0.05, 0.1) is 18.4 Å². The number of fused-ring (bicyclic) bond motifs is 1. The van der Waals surface area contributed by atoms with Crippen molar-refractivity contribution in [2.24, 2.45) is 0 Å². The minimum absolute atomic E-state index is 0.292. The number of hydrogen-bond donors (Lipinski definition) is 1. The van der Waals surface area contributed by atoms with Gasteiger partial charge < -0.3 is 5.32 Å². The molecule has 2 aromatic carbocycles. The lowest BCUT2D eigenvalue weighted by Crippen LogP contribution is -2.18. The molecular weight excluding hydrogens is 417 g/mol. The number of benzene rings is 2. The predicted octanol–water partition coefficient (Wildman–Crippen LogP) is 4.65. The van der Waals surface area contributed by atoms with Crippen LogP contribution in [-0.2, 0) is 19.4 Å². The van der Waals surface area contributed by atoms with E-state index in [1.54, 1.807) is 33.8 Å². The highest BCUT2D eigenvalue weighted by atomic mass is 35.5. The van der Waals surface area contributed by atoms with Crippen LogP contribution in [0, 0.1) is 5.82 Å². The second kappa shape index (κ2) is 8.00. The Morgan fingerprint density at radius 3 is 2.71 bits per heavy atom. The van der Waals surface area contributed by atoms with E-state index in [1.165, 1.54) is 12.1 Å². The highest BCUT2D eigenvalue weighted by Crippen LogP contribution is 2.28. The van der Waals surface area contributed by atoms with Gasteiger partial charge in [-0.2, -0.15) is 10.2 Å². The molecule has 1 amide bonds. The lowest BCUT2D eigenvalue weighted by molar-refractivity contribution is 0.102. The lowest BCUT2D eigenvalue weighted by Gasteiger charge is -2.10. The van der Waals surface area contributed by atoms with Crippen LogP contribution >= 0.6 is 11.6 Å². The molecule has 8 heteroatoms. The van der Waals surface area contributed by atoms with E-state index in [0.29, 0.717) is 23.1 Å². The molecule has 0 unspecified atom stereocenters. The molecule has 0 bridgehead atoms. The average Bonchev–Trinajstić information content (AvgIpc) is 3.48. The van der Waals surface area contributed by atoms with Gasteiger partial charge in [-0.1, -0.05) is 29.8 Å².